The van der Waals surface area contributed by atoms with E-state index < -0.39 is 12.2 Å². The minimum absolute atomic E-state index is 0.175. The highest BCUT2D eigenvalue weighted by Gasteiger charge is 2.37. The van der Waals surface area contributed by atoms with Crippen molar-refractivity contribution in [2.24, 2.45) is 10.8 Å². The molecule has 0 unspecified atom stereocenters. The molecule has 0 aromatic heterocycles. The first-order valence-corrected chi connectivity index (χ1v) is 15.4. The van der Waals surface area contributed by atoms with Crippen molar-refractivity contribution in [2.75, 3.05) is 0 Å². The van der Waals surface area contributed by atoms with E-state index in [9.17, 15) is 19.8 Å². The van der Waals surface area contributed by atoms with Crippen LogP contribution in [0.3, 0.4) is 0 Å². The minimum atomic E-state index is -0.907. The molecule has 236 valence electrons. The molecule has 0 radical (unpaired) electrons. The van der Waals surface area contributed by atoms with Gasteiger partial charge in [-0.25, -0.2) is 0 Å². The second-order valence-corrected chi connectivity index (χ2v) is 13.4. The van der Waals surface area contributed by atoms with Gasteiger partial charge in [0.05, 0.1) is 0 Å². The fourth-order valence-corrected chi connectivity index (χ4v) is 5.62. The van der Waals surface area contributed by atoms with Gasteiger partial charge in [-0.05, 0) is 87.5 Å². The monoisotopic (exact) mass is 596 g/mol. The van der Waals surface area contributed by atoms with Crippen LogP contribution in [0.2, 0.25) is 0 Å². The summed E-state index contributed by atoms with van der Waals surface area (Å²) in [5.74, 6) is -0.350. The summed E-state index contributed by atoms with van der Waals surface area (Å²) in [7, 11) is 0. The third kappa shape index (κ3) is 10.5. The summed E-state index contributed by atoms with van der Waals surface area (Å²) in [6, 6.07) is 0. The van der Waals surface area contributed by atoms with Crippen LogP contribution >= 0.6 is 0 Å². The standard InChI is InChI=1S/C40H52O4/c1-27(17-13-19-29(3)21-23-33-31(5)37(43)35(41)25-39(33,7)8)15-11-12-16-28(2)18-14-20-30(4)22-24-34-32(6)38(44)36(42)26-40(34,9)10/h11-24,35-36,41-42H,25-26H2,1-10H3/b12-11-,17-13+,18-14+,23-21+,24-22+,27-15+,28-16+,29-19+,30-20+/t35-,36+. The lowest BCUT2D eigenvalue weighted by Gasteiger charge is -2.34. The van der Waals surface area contributed by atoms with Crippen LogP contribution in [0.25, 0.3) is 0 Å². The van der Waals surface area contributed by atoms with Crippen LogP contribution in [0.4, 0.5) is 0 Å². The van der Waals surface area contributed by atoms with E-state index in [4.69, 9.17) is 0 Å². The third-order valence-electron chi connectivity index (χ3n) is 8.31. The van der Waals surface area contributed by atoms with Crippen molar-refractivity contribution in [1.82, 2.24) is 0 Å². The largest absolute Gasteiger partial charge is 0.385 e. The first-order valence-electron chi connectivity index (χ1n) is 15.4. The molecule has 0 heterocycles. The number of carbonyl (C=O) groups is 2. The quantitative estimate of drug-likeness (QED) is 0.247. The van der Waals surface area contributed by atoms with Gasteiger partial charge in [-0.15, -0.1) is 0 Å². The maximum atomic E-state index is 12.2. The predicted molar refractivity (Wildman–Crippen MR) is 185 cm³/mol. The van der Waals surface area contributed by atoms with Gasteiger partial charge in [0.1, 0.15) is 12.2 Å². The Hall–Kier alpha value is -3.60. The Bertz CT molecular complexity index is 1340. The summed E-state index contributed by atoms with van der Waals surface area (Å²) in [4.78, 5) is 24.5. The minimum Gasteiger partial charge on any atom is -0.385 e. The molecule has 0 bridgehead atoms. The molecule has 2 atom stereocenters. The highest BCUT2D eigenvalue weighted by Crippen LogP contribution is 2.40. The van der Waals surface area contributed by atoms with Gasteiger partial charge in [0.25, 0.3) is 0 Å². The third-order valence-corrected chi connectivity index (χ3v) is 8.31. The predicted octanol–water partition coefficient (Wildman–Crippen LogP) is 8.91. The molecule has 0 saturated carbocycles. The highest BCUT2D eigenvalue weighted by atomic mass is 16.3. The fraction of sp³-hybridized carbons (Fsp3) is 0.400. The van der Waals surface area contributed by atoms with Crippen LogP contribution in [0.5, 0.6) is 0 Å². The molecule has 0 amide bonds. The second-order valence-electron chi connectivity index (χ2n) is 13.4. The number of hydrogen-bond donors (Lipinski definition) is 2. The van der Waals surface area contributed by atoms with Gasteiger partial charge in [0.2, 0.25) is 0 Å². The van der Waals surface area contributed by atoms with Crippen LogP contribution in [0.1, 0.15) is 82.1 Å². The molecule has 4 nitrogen and oxygen atoms in total. The smallest absolute Gasteiger partial charge is 0.187 e. The van der Waals surface area contributed by atoms with Crippen LogP contribution < -0.4 is 0 Å². The van der Waals surface area contributed by atoms with Crippen LogP contribution in [0.15, 0.2) is 130 Å². The van der Waals surface area contributed by atoms with Crippen LogP contribution in [0, 0.1) is 10.8 Å². The molecule has 2 rings (SSSR count). The number of aliphatic hydroxyl groups is 2. The van der Waals surface area contributed by atoms with Crippen molar-refractivity contribution in [3.63, 3.8) is 0 Å². The first kappa shape index (κ1) is 36.6. The van der Waals surface area contributed by atoms with Gasteiger partial charge in [-0.2, -0.15) is 0 Å². The van der Waals surface area contributed by atoms with Crippen LogP contribution in [-0.4, -0.2) is 34.0 Å². The summed E-state index contributed by atoms with van der Waals surface area (Å²) in [6.07, 6.45) is 27.5. The summed E-state index contributed by atoms with van der Waals surface area (Å²) in [5.41, 5.74) is 7.16. The molecule has 2 aliphatic rings. The lowest BCUT2D eigenvalue weighted by Crippen LogP contribution is -2.35. The summed E-state index contributed by atoms with van der Waals surface area (Å²) in [6.45, 7) is 20.0. The van der Waals surface area contributed by atoms with E-state index in [0.717, 1.165) is 33.4 Å². The number of allylic oxidation sites excluding steroid dienone is 20. The number of hydrogen-bond acceptors (Lipinski definition) is 4. The van der Waals surface area contributed by atoms with E-state index in [0.29, 0.717) is 24.0 Å². The van der Waals surface area contributed by atoms with Gasteiger partial charge in [-0.1, -0.05) is 135 Å². The van der Waals surface area contributed by atoms with E-state index in [2.05, 4.69) is 65.8 Å². The Morgan fingerprint density at radius 2 is 0.864 bits per heavy atom. The number of aliphatic hydroxyl groups excluding tert-OH is 2. The lowest BCUT2D eigenvalue weighted by atomic mass is 9.71. The Morgan fingerprint density at radius 3 is 1.20 bits per heavy atom. The number of carbonyl (C=O) groups excluding carboxylic acids is 2. The zero-order valence-electron chi connectivity index (χ0n) is 28.4. The van der Waals surface area contributed by atoms with E-state index in [1.54, 1.807) is 13.8 Å². The molecule has 0 saturated heterocycles. The Labute approximate surface area is 265 Å². The molecule has 4 heteroatoms. The van der Waals surface area contributed by atoms with Gasteiger partial charge in [0.15, 0.2) is 11.6 Å². The molecule has 0 spiro atoms. The normalized spacial score (nSPS) is 24.5. The average Bonchev–Trinajstić information content (AvgIpc) is 2.92. The average molecular weight is 597 g/mol. The van der Waals surface area contributed by atoms with Crippen molar-refractivity contribution in [2.45, 2.75) is 94.3 Å². The van der Waals surface area contributed by atoms with Crippen LogP contribution in [-0.2, 0) is 9.59 Å². The molecule has 0 aromatic carbocycles. The Kier molecular flexibility index (Phi) is 13.2. The van der Waals surface area contributed by atoms with Gasteiger partial charge in [-0.3, -0.25) is 9.59 Å². The Balaban J connectivity index is 1.95. The van der Waals surface area contributed by atoms with Gasteiger partial charge in [0, 0.05) is 0 Å². The number of rotatable bonds is 10. The maximum Gasteiger partial charge on any atom is 0.187 e. The summed E-state index contributed by atoms with van der Waals surface area (Å²) in [5, 5.41) is 20.0. The molecule has 44 heavy (non-hydrogen) atoms. The van der Waals surface area contributed by atoms with Crippen molar-refractivity contribution >= 4 is 11.6 Å². The zero-order chi connectivity index (χ0) is 33.2. The molecule has 2 aliphatic carbocycles. The van der Waals surface area contributed by atoms with Crippen molar-refractivity contribution in [3.8, 4) is 0 Å². The first-order chi connectivity index (χ1) is 20.5. The topological polar surface area (TPSA) is 74.6 Å². The van der Waals surface area contributed by atoms with E-state index in [1.807, 2.05) is 74.6 Å². The van der Waals surface area contributed by atoms with Gasteiger partial charge < -0.3 is 10.2 Å². The highest BCUT2D eigenvalue weighted by molar-refractivity contribution is 6.01. The SMILES string of the molecule is CC1=C(/C=C/C(C)=C/C=C/C(C)=C/C=C\C=C(C)\C=C\C=C(C)\C=C\C2=C(C)C(=O)[C@@H](O)CC2(C)C)C(C)(C)C[C@@H](O)C1=O. The molecular formula is C40H52O4. The molecule has 2 N–H and O–H groups in total. The number of ketones is 2. The zero-order valence-corrected chi connectivity index (χ0v) is 28.4. The summed E-state index contributed by atoms with van der Waals surface area (Å²) >= 11 is 0. The molecule has 0 fully saturated rings. The second kappa shape index (κ2) is 15.9. The van der Waals surface area contributed by atoms with Crippen molar-refractivity contribution < 1.29 is 19.8 Å². The van der Waals surface area contributed by atoms with E-state index >= 15 is 0 Å². The fourth-order valence-electron chi connectivity index (χ4n) is 5.62. The van der Waals surface area contributed by atoms with E-state index in [-0.39, 0.29) is 22.4 Å². The van der Waals surface area contributed by atoms with Gasteiger partial charge >= 0.3 is 0 Å². The molecule has 0 aliphatic heterocycles. The Morgan fingerprint density at radius 1 is 0.568 bits per heavy atom. The van der Waals surface area contributed by atoms with Crippen molar-refractivity contribution in [3.05, 3.63) is 130 Å². The summed E-state index contributed by atoms with van der Waals surface area (Å²) < 4.78 is 0. The van der Waals surface area contributed by atoms with E-state index in [1.165, 1.54) is 0 Å². The molecule has 0 aromatic rings. The molecular weight excluding hydrogens is 544 g/mol. The number of Topliss-reactive ketones (excluding diaryl/α,β-unsaturated/α-hetero) is 2. The lowest BCUT2D eigenvalue weighted by molar-refractivity contribution is -0.126. The van der Waals surface area contributed by atoms with Crippen molar-refractivity contribution in [1.29, 1.82) is 0 Å². The maximum absolute atomic E-state index is 12.2.